The first kappa shape index (κ1) is 23.6. The molecule has 6 nitrogen and oxygen atoms in total. The van der Waals surface area contributed by atoms with Gasteiger partial charge in [-0.25, -0.2) is 0 Å². The monoisotopic (exact) mass is 462 g/mol. The first-order valence-corrected chi connectivity index (χ1v) is 8.54. The van der Waals surface area contributed by atoms with E-state index >= 15 is 0 Å². The largest absolute Gasteiger partial charge is 0.381 e. The van der Waals surface area contributed by atoms with E-state index in [1.807, 2.05) is 24.3 Å². The minimum Gasteiger partial charge on any atom is -0.381 e. The minimum atomic E-state index is -0.0706. The number of benzene rings is 1. The fourth-order valence-electron chi connectivity index (χ4n) is 2.10. The van der Waals surface area contributed by atoms with Gasteiger partial charge in [0.05, 0.1) is 0 Å². The van der Waals surface area contributed by atoms with Crippen molar-refractivity contribution in [1.29, 1.82) is 0 Å². The Balaban J connectivity index is 0.00000576. The Labute approximate surface area is 168 Å². The number of unbranched alkanes of at least 4 members (excludes halogenated alkanes) is 1. The SMILES string of the molecule is CCCCOCCCNC(=NC)NCc1cccc(NC(C)=O)c1.I. The van der Waals surface area contributed by atoms with Crippen LogP contribution in [0.15, 0.2) is 29.3 Å². The number of hydrogen-bond donors (Lipinski definition) is 3. The lowest BCUT2D eigenvalue weighted by Gasteiger charge is -2.12. The third-order valence-corrected chi connectivity index (χ3v) is 3.33. The zero-order valence-corrected chi connectivity index (χ0v) is 17.8. The lowest BCUT2D eigenvalue weighted by atomic mass is 10.2. The Kier molecular flexibility index (Phi) is 14.1. The first-order chi connectivity index (χ1) is 11.7. The van der Waals surface area contributed by atoms with Crippen LogP contribution in [0.25, 0.3) is 0 Å². The number of guanidine groups is 1. The first-order valence-electron chi connectivity index (χ1n) is 8.54. The fourth-order valence-corrected chi connectivity index (χ4v) is 2.10. The Hall–Kier alpha value is -1.35. The Bertz CT molecular complexity index is 524. The molecule has 1 aromatic rings. The van der Waals surface area contributed by atoms with Crippen molar-refractivity contribution in [1.82, 2.24) is 10.6 Å². The van der Waals surface area contributed by atoms with Gasteiger partial charge < -0.3 is 20.7 Å². The summed E-state index contributed by atoms with van der Waals surface area (Å²) in [6.07, 6.45) is 3.23. The van der Waals surface area contributed by atoms with E-state index in [0.29, 0.717) is 6.54 Å². The predicted octanol–water partition coefficient (Wildman–Crippen LogP) is 3.13. The van der Waals surface area contributed by atoms with Gasteiger partial charge in [0.1, 0.15) is 0 Å². The highest BCUT2D eigenvalue weighted by atomic mass is 127. The summed E-state index contributed by atoms with van der Waals surface area (Å²) in [5, 5.41) is 9.31. The summed E-state index contributed by atoms with van der Waals surface area (Å²) < 4.78 is 5.53. The molecule has 0 unspecified atom stereocenters. The molecule has 0 saturated heterocycles. The Morgan fingerprint density at radius 1 is 1.20 bits per heavy atom. The molecule has 0 aliphatic heterocycles. The second-order valence-corrected chi connectivity index (χ2v) is 5.55. The summed E-state index contributed by atoms with van der Waals surface area (Å²) in [4.78, 5) is 15.3. The molecule has 3 N–H and O–H groups in total. The van der Waals surface area contributed by atoms with Crippen molar-refractivity contribution in [2.75, 3.05) is 32.1 Å². The van der Waals surface area contributed by atoms with Crippen molar-refractivity contribution in [3.63, 3.8) is 0 Å². The molecule has 1 aromatic carbocycles. The van der Waals surface area contributed by atoms with Gasteiger partial charge in [-0.1, -0.05) is 25.5 Å². The van der Waals surface area contributed by atoms with Gasteiger partial charge in [0.25, 0.3) is 0 Å². The molecule has 25 heavy (non-hydrogen) atoms. The number of nitrogens with zero attached hydrogens (tertiary/aromatic N) is 1. The van der Waals surface area contributed by atoms with E-state index < -0.39 is 0 Å². The number of carbonyl (C=O) groups excluding carboxylic acids is 1. The van der Waals surface area contributed by atoms with Crippen LogP contribution in [0.2, 0.25) is 0 Å². The van der Waals surface area contributed by atoms with Gasteiger partial charge in [-0.3, -0.25) is 9.79 Å². The zero-order chi connectivity index (χ0) is 17.6. The van der Waals surface area contributed by atoms with Crippen LogP contribution in [-0.4, -0.2) is 38.7 Å². The molecule has 0 heterocycles. The molecular weight excluding hydrogens is 431 g/mol. The van der Waals surface area contributed by atoms with Crippen LogP contribution in [0.3, 0.4) is 0 Å². The molecule has 1 amide bonds. The van der Waals surface area contributed by atoms with Gasteiger partial charge in [0.15, 0.2) is 5.96 Å². The maximum Gasteiger partial charge on any atom is 0.221 e. The van der Waals surface area contributed by atoms with Crippen molar-refractivity contribution in [2.24, 2.45) is 4.99 Å². The molecular formula is C18H31IN4O2. The molecule has 1 rings (SSSR count). The lowest BCUT2D eigenvalue weighted by molar-refractivity contribution is -0.114. The Morgan fingerprint density at radius 2 is 1.96 bits per heavy atom. The average Bonchev–Trinajstić information content (AvgIpc) is 2.56. The molecule has 0 aromatic heterocycles. The predicted molar refractivity (Wildman–Crippen MR) is 115 cm³/mol. The van der Waals surface area contributed by atoms with Gasteiger partial charge in [-0.2, -0.15) is 0 Å². The number of rotatable bonds is 10. The van der Waals surface area contributed by atoms with E-state index in [2.05, 4.69) is 27.9 Å². The second kappa shape index (κ2) is 14.9. The molecule has 0 bridgehead atoms. The molecule has 0 aliphatic rings. The van der Waals surface area contributed by atoms with E-state index in [1.54, 1.807) is 7.05 Å². The molecule has 0 spiro atoms. The van der Waals surface area contributed by atoms with Gasteiger partial charge in [-0.05, 0) is 30.5 Å². The maximum absolute atomic E-state index is 11.1. The Morgan fingerprint density at radius 3 is 2.64 bits per heavy atom. The van der Waals surface area contributed by atoms with Crippen molar-refractivity contribution < 1.29 is 9.53 Å². The summed E-state index contributed by atoms with van der Waals surface area (Å²) in [6.45, 7) is 6.73. The van der Waals surface area contributed by atoms with E-state index in [0.717, 1.165) is 56.2 Å². The van der Waals surface area contributed by atoms with Crippen LogP contribution in [0, 0.1) is 0 Å². The normalized spacial score (nSPS) is 10.8. The molecule has 0 aliphatic carbocycles. The molecule has 0 radical (unpaired) electrons. The molecule has 7 heteroatoms. The molecule has 0 fully saturated rings. The van der Waals surface area contributed by atoms with Gasteiger partial charge in [-0.15, -0.1) is 24.0 Å². The van der Waals surface area contributed by atoms with E-state index in [4.69, 9.17) is 4.74 Å². The van der Waals surface area contributed by atoms with Gasteiger partial charge in [0, 0.05) is 46.0 Å². The highest BCUT2D eigenvalue weighted by molar-refractivity contribution is 14.0. The summed E-state index contributed by atoms with van der Waals surface area (Å²) in [5.74, 6) is 0.687. The van der Waals surface area contributed by atoms with Crippen LogP contribution in [0.5, 0.6) is 0 Å². The van der Waals surface area contributed by atoms with Crippen LogP contribution in [0.1, 0.15) is 38.7 Å². The van der Waals surface area contributed by atoms with Crippen LogP contribution < -0.4 is 16.0 Å². The average molecular weight is 462 g/mol. The zero-order valence-electron chi connectivity index (χ0n) is 15.4. The van der Waals surface area contributed by atoms with E-state index in [9.17, 15) is 4.79 Å². The quantitative estimate of drug-likeness (QED) is 0.216. The number of hydrogen-bond acceptors (Lipinski definition) is 3. The van der Waals surface area contributed by atoms with Crippen LogP contribution >= 0.6 is 24.0 Å². The highest BCUT2D eigenvalue weighted by Crippen LogP contribution is 2.10. The van der Waals surface area contributed by atoms with Crippen molar-refractivity contribution in [3.8, 4) is 0 Å². The van der Waals surface area contributed by atoms with Crippen LogP contribution in [-0.2, 0) is 16.1 Å². The molecule has 0 atom stereocenters. The van der Waals surface area contributed by atoms with Gasteiger partial charge in [0.2, 0.25) is 5.91 Å². The number of amides is 1. The van der Waals surface area contributed by atoms with Gasteiger partial charge >= 0.3 is 0 Å². The number of aliphatic imine (C=N–C) groups is 1. The van der Waals surface area contributed by atoms with E-state index in [1.165, 1.54) is 6.92 Å². The number of carbonyl (C=O) groups is 1. The van der Waals surface area contributed by atoms with Crippen molar-refractivity contribution in [3.05, 3.63) is 29.8 Å². The van der Waals surface area contributed by atoms with Crippen molar-refractivity contribution >= 4 is 41.5 Å². The summed E-state index contributed by atoms with van der Waals surface area (Å²) in [5.41, 5.74) is 1.88. The van der Waals surface area contributed by atoms with E-state index in [-0.39, 0.29) is 29.9 Å². The number of halogens is 1. The minimum absolute atomic E-state index is 0. The van der Waals surface area contributed by atoms with Crippen molar-refractivity contribution in [2.45, 2.75) is 39.7 Å². The summed E-state index contributed by atoms with van der Waals surface area (Å²) in [7, 11) is 1.75. The van der Waals surface area contributed by atoms with Crippen LogP contribution in [0.4, 0.5) is 5.69 Å². The highest BCUT2D eigenvalue weighted by Gasteiger charge is 2.00. The number of nitrogens with one attached hydrogen (secondary N) is 3. The smallest absolute Gasteiger partial charge is 0.221 e. The molecule has 142 valence electrons. The maximum atomic E-state index is 11.1. The summed E-state index contributed by atoms with van der Waals surface area (Å²) >= 11 is 0. The lowest BCUT2D eigenvalue weighted by Crippen LogP contribution is -2.37. The standard InChI is InChI=1S/C18H30N4O2.HI/c1-4-5-11-24-12-7-10-20-18(19-3)21-14-16-8-6-9-17(13-16)22-15(2)23;/h6,8-9,13H,4-5,7,10-12,14H2,1-3H3,(H,22,23)(H2,19,20,21);1H. The number of anilines is 1. The fraction of sp³-hybridized carbons (Fsp3) is 0.556. The third-order valence-electron chi connectivity index (χ3n) is 3.33. The molecule has 0 saturated carbocycles. The number of ether oxygens (including phenoxy) is 1. The third kappa shape index (κ3) is 11.8. The summed E-state index contributed by atoms with van der Waals surface area (Å²) in [6, 6.07) is 7.75. The second-order valence-electron chi connectivity index (χ2n) is 5.55. The topological polar surface area (TPSA) is 74.8 Å².